The second kappa shape index (κ2) is 4.68. The standard InChI is InChI=1S/C6H12N2O3/c1-8(4-3-7)5(9)6(10)11-2/h3-4,7H2,1-2H3. The van der Waals surface area contributed by atoms with Crippen LogP contribution in [0, 0.1) is 0 Å². The molecule has 0 atom stereocenters. The Morgan fingerprint density at radius 3 is 2.45 bits per heavy atom. The lowest BCUT2D eigenvalue weighted by Gasteiger charge is -2.13. The van der Waals surface area contributed by atoms with E-state index in [2.05, 4.69) is 4.74 Å². The van der Waals surface area contributed by atoms with Gasteiger partial charge in [-0.3, -0.25) is 4.79 Å². The summed E-state index contributed by atoms with van der Waals surface area (Å²) in [7, 11) is 2.66. The Labute approximate surface area is 65.1 Å². The Kier molecular flexibility index (Phi) is 4.21. The maximum Gasteiger partial charge on any atom is 0.396 e. The predicted octanol–water partition coefficient (Wildman–Crippen LogP) is -1.42. The summed E-state index contributed by atoms with van der Waals surface area (Å²) in [6.07, 6.45) is 0. The zero-order chi connectivity index (χ0) is 8.85. The highest BCUT2D eigenvalue weighted by Gasteiger charge is 2.17. The number of ether oxygens (including phenoxy) is 1. The normalized spacial score (nSPS) is 9.00. The van der Waals surface area contributed by atoms with Gasteiger partial charge in [-0.25, -0.2) is 4.79 Å². The van der Waals surface area contributed by atoms with E-state index in [0.29, 0.717) is 13.1 Å². The van der Waals surface area contributed by atoms with Gasteiger partial charge in [-0.1, -0.05) is 0 Å². The Balaban J connectivity index is 3.91. The van der Waals surface area contributed by atoms with Gasteiger partial charge in [0.2, 0.25) is 0 Å². The lowest BCUT2D eigenvalue weighted by Crippen LogP contribution is -2.37. The number of rotatable bonds is 2. The zero-order valence-corrected chi connectivity index (χ0v) is 6.66. The van der Waals surface area contributed by atoms with Crippen molar-refractivity contribution < 1.29 is 14.3 Å². The minimum atomic E-state index is -0.860. The highest BCUT2D eigenvalue weighted by molar-refractivity contribution is 6.32. The van der Waals surface area contributed by atoms with E-state index in [-0.39, 0.29) is 0 Å². The van der Waals surface area contributed by atoms with Gasteiger partial charge in [0.25, 0.3) is 0 Å². The van der Waals surface area contributed by atoms with Gasteiger partial charge in [0.1, 0.15) is 0 Å². The average molecular weight is 160 g/mol. The molecule has 11 heavy (non-hydrogen) atoms. The van der Waals surface area contributed by atoms with Crippen LogP contribution >= 0.6 is 0 Å². The maximum absolute atomic E-state index is 10.9. The smallest absolute Gasteiger partial charge is 0.396 e. The fourth-order valence-corrected chi connectivity index (χ4v) is 0.538. The van der Waals surface area contributed by atoms with Crippen molar-refractivity contribution >= 4 is 11.9 Å². The van der Waals surface area contributed by atoms with Crippen LogP contribution in [-0.4, -0.2) is 44.0 Å². The number of carbonyl (C=O) groups excluding carboxylic acids is 2. The summed E-state index contributed by atoms with van der Waals surface area (Å²) in [5.74, 6) is -1.53. The van der Waals surface area contributed by atoms with Crippen LogP contribution in [0.25, 0.3) is 0 Å². The second-order valence-corrected chi connectivity index (χ2v) is 2.01. The molecule has 0 saturated heterocycles. The van der Waals surface area contributed by atoms with Gasteiger partial charge in [-0.2, -0.15) is 0 Å². The molecule has 0 aliphatic heterocycles. The van der Waals surface area contributed by atoms with E-state index < -0.39 is 11.9 Å². The van der Waals surface area contributed by atoms with Crippen LogP contribution in [0.15, 0.2) is 0 Å². The molecule has 0 bridgehead atoms. The number of nitrogens with zero attached hydrogens (tertiary/aromatic N) is 1. The summed E-state index contributed by atoms with van der Waals surface area (Å²) in [5.41, 5.74) is 5.16. The molecule has 0 aromatic rings. The number of likely N-dealkylation sites (N-methyl/N-ethyl adjacent to an activating group) is 1. The van der Waals surface area contributed by atoms with Crippen LogP contribution in [0.5, 0.6) is 0 Å². The molecule has 0 radical (unpaired) electrons. The third kappa shape index (κ3) is 2.99. The van der Waals surface area contributed by atoms with Crippen LogP contribution < -0.4 is 5.73 Å². The fourth-order valence-electron chi connectivity index (χ4n) is 0.538. The molecule has 5 heteroatoms. The van der Waals surface area contributed by atoms with Gasteiger partial charge < -0.3 is 15.4 Å². The Bertz CT molecular complexity index is 158. The van der Waals surface area contributed by atoms with Crippen molar-refractivity contribution in [2.45, 2.75) is 0 Å². The van der Waals surface area contributed by atoms with E-state index in [1.54, 1.807) is 0 Å². The summed E-state index contributed by atoms with van der Waals surface area (Å²) in [5, 5.41) is 0. The van der Waals surface area contributed by atoms with Crippen LogP contribution in [0.1, 0.15) is 0 Å². The Morgan fingerprint density at radius 2 is 2.09 bits per heavy atom. The van der Waals surface area contributed by atoms with E-state index >= 15 is 0 Å². The molecule has 0 heterocycles. The number of hydrogen-bond donors (Lipinski definition) is 1. The molecule has 0 aromatic carbocycles. The van der Waals surface area contributed by atoms with Crippen LogP contribution in [-0.2, 0) is 14.3 Å². The van der Waals surface area contributed by atoms with E-state index in [0.717, 1.165) is 7.11 Å². The molecule has 0 aliphatic rings. The van der Waals surface area contributed by atoms with Crippen molar-refractivity contribution in [1.82, 2.24) is 4.90 Å². The number of carbonyl (C=O) groups is 2. The zero-order valence-electron chi connectivity index (χ0n) is 6.66. The van der Waals surface area contributed by atoms with Gasteiger partial charge >= 0.3 is 11.9 Å². The van der Waals surface area contributed by atoms with Gasteiger partial charge in [0, 0.05) is 20.1 Å². The van der Waals surface area contributed by atoms with E-state index in [1.165, 1.54) is 11.9 Å². The quantitative estimate of drug-likeness (QED) is 0.397. The third-order valence-electron chi connectivity index (χ3n) is 1.17. The third-order valence-corrected chi connectivity index (χ3v) is 1.17. The first kappa shape index (κ1) is 9.90. The van der Waals surface area contributed by atoms with Gasteiger partial charge in [-0.15, -0.1) is 0 Å². The lowest BCUT2D eigenvalue weighted by molar-refractivity contribution is -0.157. The number of esters is 1. The van der Waals surface area contributed by atoms with Crippen molar-refractivity contribution in [3.8, 4) is 0 Å². The molecule has 0 aromatic heterocycles. The Morgan fingerprint density at radius 1 is 1.55 bits per heavy atom. The molecule has 0 aliphatic carbocycles. The largest absolute Gasteiger partial charge is 0.462 e. The van der Waals surface area contributed by atoms with Gasteiger partial charge in [-0.05, 0) is 0 Å². The molecule has 0 saturated carbocycles. The van der Waals surface area contributed by atoms with Crippen molar-refractivity contribution in [2.75, 3.05) is 27.2 Å². The second-order valence-electron chi connectivity index (χ2n) is 2.01. The van der Waals surface area contributed by atoms with Crippen LogP contribution in [0.2, 0.25) is 0 Å². The lowest BCUT2D eigenvalue weighted by atomic mass is 10.5. The molecule has 2 N–H and O–H groups in total. The minimum Gasteiger partial charge on any atom is -0.462 e. The van der Waals surface area contributed by atoms with Crippen molar-refractivity contribution in [3.05, 3.63) is 0 Å². The maximum atomic E-state index is 10.9. The SMILES string of the molecule is COC(=O)C(=O)N(C)CCN. The summed E-state index contributed by atoms with van der Waals surface area (Å²) < 4.78 is 4.21. The fraction of sp³-hybridized carbons (Fsp3) is 0.667. The Hall–Kier alpha value is -1.10. The number of methoxy groups -OCH3 is 1. The highest BCUT2D eigenvalue weighted by atomic mass is 16.5. The first-order valence-corrected chi connectivity index (χ1v) is 3.17. The van der Waals surface area contributed by atoms with Gasteiger partial charge in [0.05, 0.1) is 7.11 Å². The molecule has 0 rings (SSSR count). The first-order valence-electron chi connectivity index (χ1n) is 3.17. The molecular weight excluding hydrogens is 148 g/mol. The van der Waals surface area contributed by atoms with Gasteiger partial charge in [0.15, 0.2) is 0 Å². The van der Waals surface area contributed by atoms with E-state index in [9.17, 15) is 9.59 Å². The summed E-state index contributed by atoms with van der Waals surface area (Å²) in [6, 6.07) is 0. The molecule has 0 fully saturated rings. The van der Waals surface area contributed by atoms with E-state index in [1.807, 2.05) is 0 Å². The van der Waals surface area contributed by atoms with Crippen LogP contribution in [0.3, 0.4) is 0 Å². The number of hydrogen-bond acceptors (Lipinski definition) is 4. The number of nitrogens with two attached hydrogens (primary N) is 1. The number of amides is 1. The molecule has 1 amide bonds. The highest BCUT2D eigenvalue weighted by Crippen LogP contribution is 1.85. The van der Waals surface area contributed by atoms with Crippen molar-refractivity contribution in [2.24, 2.45) is 5.73 Å². The summed E-state index contributed by atoms with van der Waals surface area (Å²) in [4.78, 5) is 22.6. The monoisotopic (exact) mass is 160 g/mol. The summed E-state index contributed by atoms with van der Waals surface area (Å²) >= 11 is 0. The topological polar surface area (TPSA) is 72.6 Å². The molecule has 5 nitrogen and oxygen atoms in total. The first-order chi connectivity index (χ1) is 5.13. The molecule has 0 unspecified atom stereocenters. The average Bonchev–Trinajstić information content (AvgIpc) is 2.02. The molecule has 64 valence electrons. The molecule has 0 spiro atoms. The van der Waals surface area contributed by atoms with Crippen molar-refractivity contribution in [3.63, 3.8) is 0 Å². The summed E-state index contributed by atoms with van der Waals surface area (Å²) in [6.45, 7) is 0.688. The van der Waals surface area contributed by atoms with Crippen LogP contribution in [0.4, 0.5) is 0 Å². The minimum absolute atomic E-state index is 0.333. The predicted molar refractivity (Wildman–Crippen MR) is 38.7 cm³/mol. The molecular formula is C6H12N2O3. The van der Waals surface area contributed by atoms with E-state index in [4.69, 9.17) is 5.73 Å². The van der Waals surface area contributed by atoms with Crippen molar-refractivity contribution in [1.29, 1.82) is 0 Å².